The standard InChI is InChI=1S/C18H16N2O3/c19-10-18(23)20-17-8-5-13(11-21)9-15(17)7-6-14-3-1-2-4-16(14)12-22/h1-5,8-9,12,21H,10-11,19H2,(H,20,23). The molecule has 0 spiro atoms. The molecule has 1 amide bonds. The molecule has 0 bridgehead atoms. The van der Waals surface area contributed by atoms with Crippen molar-refractivity contribution in [3.63, 3.8) is 0 Å². The van der Waals surface area contributed by atoms with Crippen LogP contribution in [0, 0.1) is 11.8 Å². The van der Waals surface area contributed by atoms with E-state index in [9.17, 15) is 14.7 Å². The molecule has 0 aliphatic carbocycles. The first kappa shape index (κ1) is 16.4. The van der Waals surface area contributed by atoms with Crippen LogP contribution in [0.2, 0.25) is 0 Å². The summed E-state index contributed by atoms with van der Waals surface area (Å²) in [5.74, 6) is 5.52. The third-order valence-electron chi connectivity index (χ3n) is 3.15. The second kappa shape index (κ2) is 7.90. The number of aliphatic hydroxyl groups excluding tert-OH is 1. The van der Waals surface area contributed by atoms with E-state index in [0.717, 1.165) is 6.29 Å². The highest BCUT2D eigenvalue weighted by Gasteiger charge is 2.05. The molecule has 4 N–H and O–H groups in total. The van der Waals surface area contributed by atoms with Gasteiger partial charge in [0.25, 0.3) is 0 Å². The zero-order valence-corrected chi connectivity index (χ0v) is 12.4. The van der Waals surface area contributed by atoms with Crippen molar-refractivity contribution in [3.05, 3.63) is 64.7 Å². The minimum absolute atomic E-state index is 0.134. The number of nitrogens with two attached hydrogens (primary N) is 1. The van der Waals surface area contributed by atoms with E-state index in [0.29, 0.717) is 27.9 Å². The third kappa shape index (κ3) is 4.27. The summed E-state index contributed by atoms with van der Waals surface area (Å²) in [6.45, 7) is -0.271. The van der Waals surface area contributed by atoms with Gasteiger partial charge in [-0.25, -0.2) is 0 Å². The summed E-state index contributed by atoms with van der Waals surface area (Å²) in [5.41, 5.74) is 8.10. The number of benzene rings is 2. The van der Waals surface area contributed by atoms with Crippen LogP contribution in [0.5, 0.6) is 0 Å². The van der Waals surface area contributed by atoms with Crippen LogP contribution in [0.15, 0.2) is 42.5 Å². The van der Waals surface area contributed by atoms with Crippen molar-refractivity contribution in [2.24, 2.45) is 5.73 Å². The molecule has 0 radical (unpaired) electrons. The Balaban J connectivity index is 2.43. The van der Waals surface area contributed by atoms with Gasteiger partial charge in [-0.05, 0) is 23.8 Å². The fraction of sp³-hybridized carbons (Fsp3) is 0.111. The summed E-state index contributed by atoms with van der Waals surface area (Å²) < 4.78 is 0. The zero-order valence-electron chi connectivity index (χ0n) is 12.4. The van der Waals surface area contributed by atoms with E-state index in [4.69, 9.17) is 5.73 Å². The zero-order chi connectivity index (χ0) is 16.7. The van der Waals surface area contributed by atoms with Crippen molar-refractivity contribution in [3.8, 4) is 11.8 Å². The van der Waals surface area contributed by atoms with Crippen LogP contribution in [0.1, 0.15) is 27.0 Å². The second-order valence-electron chi connectivity index (χ2n) is 4.75. The molecule has 0 heterocycles. The maximum Gasteiger partial charge on any atom is 0.238 e. The summed E-state index contributed by atoms with van der Waals surface area (Å²) in [7, 11) is 0. The normalized spacial score (nSPS) is 9.65. The van der Waals surface area contributed by atoms with Gasteiger partial charge in [0.15, 0.2) is 6.29 Å². The molecule has 0 unspecified atom stereocenters. The summed E-state index contributed by atoms with van der Waals surface area (Å²) in [5, 5.41) is 11.9. The maximum atomic E-state index is 11.5. The predicted octanol–water partition coefficient (Wildman–Crippen LogP) is 1.29. The molecule has 23 heavy (non-hydrogen) atoms. The number of carbonyl (C=O) groups is 2. The molecule has 0 aliphatic rings. The molecule has 0 fully saturated rings. The molecular weight excluding hydrogens is 292 g/mol. The Kier molecular flexibility index (Phi) is 5.64. The van der Waals surface area contributed by atoms with E-state index in [-0.39, 0.29) is 19.1 Å². The fourth-order valence-electron chi connectivity index (χ4n) is 1.95. The van der Waals surface area contributed by atoms with Crippen LogP contribution < -0.4 is 11.1 Å². The molecular formula is C18H16N2O3. The number of carbonyl (C=O) groups excluding carboxylic acids is 2. The van der Waals surface area contributed by atoms with Crippen molar-refractivity contribution >= 4 is 17.9 Å². The van der Waals surface area contributed by atoms with Crippen LogP contribution >= 0.6 is 0 Å². The topological polar surface area (TPSA) is 92.4 Å². The number of aliphatic hydroxyl groups is 1. The van der Waals surface area contributed by atoms with Crippen molar-refractivity contribution in [1.82, 2.24) is 0 Å². The average molecular weight is 308 g/mol. The molecule has 5 heteroatoms. The average Bonchev–Trinajstić information content (AvgIpc) is 2.60. The lowest BCUT2D eigenvalue weighted by atomic mass is 10.1. The minimum Gasteiger partial charge on any atom is -0.392 e. The van der Waals surface area contributed by atoms with E-state index in [1.54, 1.807) is 42.5 Å². The van der Waals surface area contributed by atoms with Gasteiger partial charge < -0.3 is 16.2 Å². The number of anilines is 1. The van der Waals surface area contributed by atoms with E-state index >= 15 is 0 Å². The molecule has 116 valence electrons. The minimum atomic E-state index is -0.335. The van der Waals surface area contributed by atoms with Crippen LogP contribution in [0.4, 0.5) is 5.69 Å². The van der Waals surface area contributed by atoms with Gasteiger partial charge in [0.1, 0.15) is 0 Å². The molecule has 0 aromatic heterocycles. The van der Waals surface area contributed by atoms with E-state index < -0.39 is 0 Å². The monoisotopic (exact) mass is 308 g/mol. The lowest BCUT2D eigenvalue weighted by Crippen LogP contribution is -2.22. The SMILES string of the molecule is NCC(=O)Nc1ccc(CO)cc1C#Cc1ccccc1C=O. The Labute approximate surface area is 134 Å². The molecule has 0 aliphatic heterocycles. The van der Waals surface area contributed by atoms with Crippen LogP contribution in [-0.2, 0) is 11.4 Å². The summed E-state index contributed by atoms with van der Waals surface area (Å²) >= 11 is 0. The van der Waals surface area contributed by atoms with Crippen molar-refractivity contribution < 1.29 is 14.7 Å². The lowest BCUT2D eigenvalue weighted by Gasteiger charge is -2.08. The molecule has 0 atom stereocenters. The van der Waals surface area contributed by atoms with Gasteiger partial charge in [0.05, 0.1) is 18.8 Å². The van der Waals surface area contributed by atoms with Gasteiger partial charge in [-0.2, -0.15) is 0 Å². The van der Waals surface area contributed by atoms with Gasteiger partial charge in [-0.1, -0.05) is 36.1 Å². The number of nitrogens with one attached hydrogen (secondary N) is 1. The Morgan fingerprint density at radius 2 is 1.91 bits per heavy atom. The molecule has 0 saturated heterocycles. The maximum absolute atomic E-state index is 11.5. The van der Waals surface area contributed by atoms with Gasteiger partial charge >= 0.3 is 0 Å². The fourth-order valence-corrected chi connectivity index (χ4v) is 1.95. The first-order valence-corrected chi connectivity index (χ1v) is 6.98. The number of hydrogen-bond acceptors (Lipinski definition) is 4. The Hall–Kier alpha value is -2.94. The number of hydrogen-bond donors (Lipinski definition) is 3. The molecule has 2 rings (SSSR count). The molecule has 5 nitrogen and oxygen atoms in total. The quantitative estimate of drug-likeness (QED) is 0.586. The number of aldehydes is 1. The smallest absolute Gasteiger partial charge is 0.238 e. The third-order valence-corrected chi connectivity index (χ3v) is 3.15. The Morgan fingerprint density at radius 3 is 2.61 bits per heavy atom. The Bertz CT molecular complexity index is 788. The highest BCUT2D eigenvalue weighted by atomic mass is 16.3. The molecule has 2 aromatic carbocycles. The highest BCUT2D eigenvalue weighted by molar-refractivity contribution is 5.93. The molecule has 2 aromatic rings. The number of rotatable bonds is 4. The van der Waals surface area contributed by atoms with E-state index in [2.05, 4.69) is 17.2 Å². The van der Waals surface area contributed by atoms with E-state index in [1.807, 2.05) is 0 Å². The predicted molar refractivity (Wildman–Crippen MR) is 87.9 cm³/mol. The number of amides is 1. The van der Waals surface area contributed by atoms with Crippen LogP contribution in [-0.4, -0.2) is 23.8 Å². The van der Waals surface area contributed by atoms with Crippen LogP contribution in [0.25, 0.3) is 0 Å². The van der Waals surface area contributed by atoms with Gasteiger partial charge in [0, 0.05) is 16.7 Å². The van der Waals surface area contributed by atoms with Gasteiger partial charge in [0.2, 0.25) is 5.91 Å². The van der Waals surface area contributed by atoms with Crippen LogP contribution in [0.3, 0.4) is 0 Å². The largest absolute Gasteiger partial charge is 0.392 e. The second-order valence-corrected chi connectivity index (χ2v) is 4.75. The van der Waals surface area contributed by atoms with Gasteiger partial charge in [-0.3, -0.25) is 9.59 Å². The summed E-state index contributed by atoms with van der Waals surface area (Å²) in [6.07, 6.45) is 0.741. The Morgan fingerprint density at radius 1 is 1.17 bits per heavy atom. The van der Waals surface area contributed by atoms with Crippen molar-refractivity contribution in [1.29, 1.82) is 0 Å². The van der Waals surface area contributed by atoms with Gasteiger partial charge in [-0.15, -0.1) is 0 Å². The van der Waals surface area contributed by atoms with Crippen molar-refractivity contribution in [2.75, 3.05) is 11.9 Å². The lowest BCUT2D eigenvalue weighted by molar-refractivity contribution is -0.114. The molecule has 0 saturated carbocycles. The summed E-state index contributed by atoms with van der Waals surface area (Å²) in [6, 6.07) is 12.0. The van der Waals surface area contributed by atoms with E-state index in [1.165, 1.54) is 0 Å². The summed E-state index contributed by atoms with van der Waals surface area (Å²) in [4.78, 5) is 22.5. The first-order valence-electron chi connectivity index (χ1n) is 6.98. The first-order chi connectivity index (χ1) is 11.2. The highest BCUT2D eigenvalue weighted by Crippen LogP contribution is 2.17. The van der Waals surface area contributed by atoms with Crippen molar-refractivity contribution in [2.45, 2.75) is 6.61 Å².